The van der Waals surface area contributed by atoms with Crippen molar-refractivity contribution in [3.05, 3.63) is 27.7 Å². The Hall–Kier alpha value is -1.03. The van der Waals surface area contributed by atoms with Crippen LogP contribution in [-0.2, 0) is 4.79 Å². The lowest BCUT2D eigenvalue weighted by atomic mass is 10.1. The highest BCUT2D eigenvalue weighted by atomic mass is 79.9. The smallest absolute Gasteiger partial charge is 0.239 e. The van der Waals surface area contributed by atoms with E-state index in [0.717, 1.165) is 28.6 Å². The van der Waals surface area contributed by atoms with E-state index in [-0.39, 0.29) is 11.9 Å². The second-order valence-electron chi connectivity index (χ2n) is 4.87. The minimum atomic E-state index is 0.0422. The molecule has 1 aromatic rings. The molecule has 0 fully saturated rings. The van der Waals surface area contributed by atoms with E-state index in [2.05, 4.69) is 53.4 Å². The number of rotatable bonds is 6. The third-order valence-corrected chi connectivity index (χ3v) is 3.83. The van der Waals surface area contributed by atoms with Crippen LogP contribution in [0.1, 0.15) is 37.8 Å². The van der Waals surface area contributed by atoms with Crippen molar-refractivity contribution in [2.24, 2.45) is 0 Å². The van der Waals surface area contributed by atoms with Gasteiger partial charge < -0.3 is 10.6 Å². The molecule has 0 bridgehead atoms. The number of hydrogen-bond donors (Lipinski definition) is 2. The zero-order chi connectivity index (χ0) is 14.4. The minimum Gasteiger partial charge on any atom is -0.375 e. The molecule has 0 atom stereocenters. The monoisotopic (exact) mass is 326 g/mol. The SMILES string of the molecule is CCC(CC)NC(=O)CNc1c(C)cc(C)cc1Br. The van der Waals surface area contributed by atoms with E-state index in [9.17, 15) is 4.79 Å². The number of hydrogen-bond acceptors (Lipinski definition) is 2. The first-order valence-corrected chi connectivity index (χ1v) is 7.57. The van der Waals surface area contributed by atoms with Crippen LogP contribution in [-0.4, -0.2) is 18.5 Å². The molecule has 0 aliphatic rings. The molecule has 0 radical (unpaired) electrons. The van der Waals surface area contributed by atoms with Gasteiger partial charge in [0.2, 0.25) is 5.91 Å². The van der Waals surface area contributed by atoms with Crippen LogP contribution in [0.5, 0.6) is 0 Å². The molecule has 0 saturated carbocycles. The Labute approximate surface area is 124 Å². The predicted molar refractivity (Wildman–Crippen MR) is 84.6 cm³/mol. The molecule has 1 rings (SSSR count). The summed E-state index contributed by atoms with van der Waals surface area (Å²) in [5.41, 5.74) is 3.34. The van der Waals surface area contributed by atoms with Gasteiger partial charge in [0.15, 0.2) is 0 Å². The number of nitrogens with one attached hydrogen (secondary N) is 2. The fourth-order valence-corrected chi connectivity index (χ4v) is 2.89. The first kappa shape index (κ1) is 16.0. The quantitative estimate of drug-likeness (QED) is 0.835. The number of aryl methyl sites for hydroxylation is 2. The van der Waals surface area contributed by atoms with Gasteiger partial charge in [-0.2, -0.15) is 0 Å². The van der Waals surface area contributed by atoms with E-state index < -0.39 is 0 Å². The first-order chi connectivity index (χ1) is 8.97. The molecular weight excluding hydrogens is 304 g/mol. The molecule has 0 aromatic heterocycles. The highest BCUT2D eigenvalue weighted by Crippen LogP contribution is 2.27. The van der Waals surface area contributed by atoms with Crippen LogP contribution in [0, 0.1) is 13.8 Å². The molecule has 0 unspecified atom stereocenters. The van der Waals surface area contributed by atoms with Crippen molar-refractivity contribution < 1.29 is 4.79 Å². The second kappa shape index (κ2) is 7.53. The van der Waals surface area contributed by atoms with Crippen molar-refractivity contribution in [2.75, 3.05) is 11.9 Å². The van der Waals surface area contributed by atoms with E-state index in [0.29, 0.717) is 6.54 Å². The molecule has 1 amide bonds. The van der Waals surface area contributed by atoms with Crippen molar-refractivity contribution in [3.8, 4) is 0 Å². The fourth-order valence-electron chi connectivity index (χ4n) is 2.08. The van der Waals surface area contributed by atoms with Gasteiger partial charge in [0, 0.05) is 10.5 Å². The van der Waals surface area contributed by atoms with Crippen LogP contribution in [0.2, 0.25) is 0 Å². The van der Waals surface area contributed by atoms with Crippen LogP contribution in [0.4, 0.5) is 5.69 Å². The van der Waals surface area contributed by atoms with E-state index in [4.69, 9.17) is 0 Å². The Kier molecular flexibility index (Phi) is 6.35. The second-order valence-corrected chi connectivity index (χ2v) is 5.73. The molecular formula is C15H23BrN2O. The summed E-state index contributed by atoms with van der Waals surface area (Å²) in [6.45, 7) is 8.57. The van der Waals surface area contributed by atoms with Crippen molar-refractivity contribution >= 4 is 27.5 Å². The molecule has 0 aliphatic heterocycles. The van der Waals surface area contributed by atoms with Gasteiger partial charge in [-0.15, -0.1) is 0 Å². The molecule has 2 N–H and O–H groups in total. The van der Waals surface area contributed by atoms with Crippen molar-refractivity contribution in [1.29, 1.82) is 0 Å². The summed E-state index contributed by atoms with van der Waals surface area (Å²) >= 11 is 3.53. The van der Waals surface area contributed by atoms with Crippen molar-refractivity contribution in [3.63, 3.8) is 0 Å². The number of halogens is 1. The molecule has 0 spiro atoms. The summed E-state index contributed by atoms with van der Waals surface area (Å²) in [5.74, 6) is 0.0422. The number of carbonyl (C=O) groups excluding carboxylic acids is 1. The molecule has 19 heavy (non-hydrogen) atoms. The van der Waals surface area contributed by atoms with Gasteiger partial charge in [-0.05, 0) is 59.8 Å². The predicted octanol–water partition coefficient (Wildman–Crippen LogP) is 3.78. The van der Waals surface area contributed by atoms with Crippen molar-refractivity contribution in [2.45, 2.75) is 46.6 Å². The molecule has 0 aliphatic carbocycles. The van der Waals surface area contributed by atoms with Crippen molar-refractivity contribution in [1.82, 2.24) is 5.32 Å². The summed E-state index contributed by atoms with van der Waals surface area (Å²) < 4.78 is 1.00. The summed E-state index contributed by atoms with van der Waals surface area (Å²) in [7, 11) is 0. The first-order valence-electron chi connectivity index (χ1n) is 6.77. The van der Waals surface area contributed by atoms with Gasteiger partial charge in [0.25, 0.3) is 0 Å². The Morgan fingerprint density at radius 3 is 2.42 bits per heavy atom. The van der Waals surface area contributed by atoms with Gasteiger partial charge in [-0.1, -0.05) is 19.9 Å². The van der Waals surface area contributed by atoms with Crippen LogP contribution >= 0.6 is 15.9 Å². The lowest BCUT2D eigenvalue weighted by Gasteiger charge is -2.16. The highest BCUT2D eigenvalue weighted by molar-refractivity contribution is 9.10. The summed E-state index contributed by atoms with van der Waals surface area (Å²) in [4.78, 5) is 11.8. The van der Waals surface area contributed by atoms with Crippen LogP contribution in [0.25, 0.3) is 0 Å². The molecule has 3 nitrogen and oxygen atoms in total. The van der Waals surface area contributed by atoms with E-state index in [1.807, 2.05) is 13.0 Å². The summed E-state index contributed by atoms with van der Waals surface area (Å²) in [5, 5.41) is 6.22. The van der Waals surface area contributed by atoms with Gasteiger partial charge in [-0.25, -0.2) is 0 Å². The van der Waals surface area contributed by atoms with Crippen LogP contribution < -0.4 is 10.6 Å². The van der Waals surface area contributed by atoms with Gasteiger partial charge >= 0.3 is 0 Å². The molecule has 0 heterocycles. The standard InChI is InChI=1S/C15H23BrN2O/c1-5-12(6-2)18-14(19)9-17-15-11(4)7-10(3)8-13(15)16/h7-8,12,17H,5-6,9H2,1-4H3,(H,18,19). The Morgan fingerprint density at radius 1 is 1.26 bits per heavy atom. The largest absolute Gasteiger partial charge is 0.375 e. The Balaban J connectivity index is 2.60. The maximum absolute atomic E-state index is 11.8. The third kappa shape index (κ3) is 4.86. The average Bonchev–Trinajstić information content (AvgIpc) is 2.34. The molecule has 1 aromatic carbocycles. The van der Waals surface area contributed by atoms with E-state index >= 15 is 0 Å². The normalized spacial score (nSPS) is 10.6. The maximum atomic E-state index is 11.8. The topological polar surface area (TPSA) is 41.1 Å². The number of anilines is 1. The Morgan fingerprint density at radius 2 is 1.89 bits per heavy atom. The molecule has 4 heteroatoms. The van der Waals surface area contributed by atoms with E-state index in [1.54, 1.807) is 0 Å². The zero-order valence-electron chi connectivity index (χ0n) is 12.1. The summed E-state index contributed by atoms with van der Waals surface area (Å²) in [6, 6.07) is 4.43. The van der Waals surface area contributed by atoms with Gasteiger partial charge in [0.05, 0.1) is 12.2 Å². The van der Waals surface area contributed by atoms with E-state index in [1.165, 1.54) is 5.56 Å². The van der Waals surface area contributed by atoms with Crippen LogP contribution in [0.15, 0.2) is 16.6 Å². The molecule has 0 saturated heterocycles. The third-order valence-electron chi connectivity index (χ3n) is 3.21. The Bertz CT molecular complexity index is 419. The zero-order valence-corrected chi connectivity index (χ0v) is 13.7. The lowest BCUT2D eigenvalue weighted by molar-refractivity contribution is -0.120. The average molecular weight is 327 g/mol. The lowest BCUT2D eigenvalue weighted by Crippen LogP contribution is -2.37. The van der Waals surface area contributed by atoms with Crippen LogP contribution in [0.3, 0.4) is 0 Å². The number of benzene rings is 1. The maximum Gasteiger partial charge on any atom is 0.239 e. The molecule has 106 valence electrons. The number of carbonyl (C=O) groups is 1. The van der Waals surface area contributed by atoms with Gasteiger partial charge in [-0.3, -0.25) is 4.79 Å². The minimum absolute atomic E-state index is 0.0422. The van der Waals surface area contributed by atoms with Gasteiger partial charge in [0.1, 0.15) is 0 Å². The summed E-state index contributed by atoms with van der Waals surface area (Å²) in [6.07, 6.45) is 1.94. The number of amides is 1. The fraction of sp³-hybridized carbons (Fsp3) is 0.533. The highest BCUT2D eigenvalue weighted by Gasteiger charge is 2.10.